The summed E-state index contributed by atoms with van der Waals surface area (Å²) in [6.45, 7) is -1.51. The maximum atomic E-state index is 12.1. The van der Waals surface area contributed by atoms with Crippen LogP contribution in [-0.4, -0.2) is 25.3 Å². The molecule has 0 aliphatic heterocycles. The third-order valence-electron chi connectivity index (χ3n) is 2.90. The third kappa shape index (κ3) is 6.03. The number of nitriles is 1. The van der Waals surface area contributed by atoms with E-state index in [0.717, 1.165) is 0 Å². The van der Waals surface area contributed by atoms with E-state index in [1.165, 1.54) is 50.4 Å². The molecule has 0 heterocycles. The Balaban J connectivity index is 0.000000970. The minimum Gasteiger partial charge on any atom is -0.497 e. The summed E-state index contributed by atoms with van der Waals surface area (Å²) in [6.07, 6.45) is 0. The summed E-state index contributed by atoms with van der Waals surface area (Å²) in [4.78, 5) is 24.1. The molecule has 130 valence electrons. The van der Waals surface area contributed by atoms with Gasteiger partial charge in [-0.1, -0.05) is 0 Å². The molecule has 25 heavy (non-hydrogen) atoms. The van der Waals surface area contributed by atoms with Gasteiger partial charge in [-0.2, -0.15) is 14.0 Å². The smallest absolute Gasteiger partial charge is 0.387 e. The van der Waals surface area contributed by atoms with Gasteiger partial charge in [-0.3, -0.25) is 9.59 Å². The number of ketones is 2. The highest BCUT2D eigenvalue weighted by Crippen LogP contribution is 2.17. The van der Waals surface area contributed by atoms with Crippen molar-refractivity contribution in [3.8, 4) is 17.6 Å². The van der Waals surface area contributed by atoms with Gasteiger partial charge < -0.3 is 9.47 Å². The number of benzene rings is 2. The van der Waals surface area contributed by atoms with Crippen LogP contribution in [0.2, 0.25) is 0 Å². The Hall–Kier alpha value is -3.27. The molecule has 0 aromatic heterocycles. The van der Waals surface area contributed by atoms with Crippen molar-refractivity contribution in [3.63, 3.8) is 0 Å². The van der Waals surface area contributed by atoms with Crippen LogP contribution in [-0.2, 0) is 0 Å². The molecule has 0 bridgehead atoms. The molecule has 0 saturated carbocycles. The molecule has 0 N–H and O–H groups in total. The number of carbonyl (C=O) groups is 2. The Morgan fingerprint density at radius 3 is 1.60 bits per heavy atom. The normalized spacial score (nSPS) is 9.44. The quantitative estimate of drug-likeness (QED) is 0.585. The number of nitrogens with zero attached hydrogens (tertiary/aromatic N) is 1. The molecule has 0 spiro atoms. The average molecular weight is 347 g/mol. The minimum atomic E-state index is -2.94. The van der Waals surface area contributed by atoms with Gasteiger partial charge in [0.1, 0.15) is 11.5 Å². The number of rotatable bonds is 6. The molecule has 0 aliphatic rings. The highest BCUT2D eigenvalue weighted by Gasteiger charge is 2.18. The predicted molar refractivity (Wildman–Crippen MR) is 86.0 cm³/mol. The first-order chi connectivity index (χ1) is 11.9. The van der Waals surface area contributed by atoms with E-state index >= 15 is 0 Å². The van der Waals surface area contributed by atoms with E-state index in [-0.39, 0.29) is 16.9 Å². The van der Waals surface area contributed by atoms with Crippen LogP contribution < -0.4 is 9.47 Å². The van der Waals surface area contributed by atoms with Crippen LogP contribution >= 0.6 is 0 Å². The van der Waals surface area contributed by atoms with E-state index in [2.05, 4.69) is 4.74 Å². The molecule has 0 radical (unpaired) electrons. The molecule has 0 fully saturated rings. The fraction of sp³-hybridized carbons (Fsp3) is 0.167. The Labute approximate surface area is 143 Å². The van der Waals surface area contributed by atoms with Crippen molar-refractivity contribution in [2.24, 2.45) is 0 Å². The fourth-order valence-electron chi connectivity index (χ4n) is 1.79. The second-order valence-electron chi connectivity index (χ2n) is 4.51. The second-order valence-corrected chi connectivity index (χ2v) is 4.51. The molecule has 2 aromatic carbocycles. The lowest BCUT2D eigenvalue weighted by Crippen LogP contribution is -2.14. The lowest BCUT2D eigenvalue weighted by atomic mass is 10.0. The summed E-state index contributed by atoms with van der Waals surface area (Å²) in [7, 11) is 1.49. The molecule has 2 rings (SSSR count). The zero-order valence-electron chi connectivity index (χ0n) is 13.5. The van der Waals surface area contributed by atoms with Crippen molar-refractivity contribution in [2.45, 2.75) is 13.5 Å². The van der Waals surface area contributed by atoms with Crippen molar-refractivity contribution < 1.29 is 27.8 Å². The summed E-state index contributed by atoms with van der Waals surface area (Å²) in [5, 5.41) is 7.32. The van der Waals surface area contributed by atoms with Crippen LogP contribution in [0.5, 0.6) is 11.5 Å². The van der Waals surface area contributed by atoms with E-state index in [1.807, 2.05) is 0 Å². The molecule has 5 nitrogen and oxygen atoms in total. The number of methoxy groups -OCH3 is 1. The molecule has 0 unspecified atom stereocenters. The van der Waals surface area contributed by atoms with E-state index < -0.39 is 18.2 Å². The summed E-state index contributed by atoms with van der Waals surface area (Å²) in [5.41, 5.74) is 0.321. The summed E-state index contributed by atoms with van der Waals surface area (Å²) < 4.78 is 33.2. The van der Waals surface area contributed by atoms with Crippen LogP contribution in [0, 0.1) is 11.3 Å². The lowest BCUT2D eigenvalue weighted by molar-refractivity contribution is -0.0498. The second kappa shape index (κ2) is 9.78. The van der Waals surface area contributed by atoms with Gasteiger partial charge in [0.15, 0.2) is 0 Å². The predicted octanol–water partition coefficient (Wildman–Crippen LogP) is 3.89. The van der Waals surface area contributed by atoms with Crippen molar-refractivity contribution in [1.29, 1.82) is 5.26 Å². The van der Waals surface area contributed by atoms with Gasteiger partial charge in [0, 0.05) is 18.1 Å². The Bertz CT molecular complexity index is 750. The van der Waals surface area contributed by atoms with Crippen molar-refractivity contribution in [1.82, 2.24) is 0 Å². The van der Waals surface area contributed by atoms with E-state index in [0.29, 0.717) is 5.75 Å². The number of Topliss-reactive ketones (excluding diaryl/α,β-unsaturated/α-hetero) is 2. The molecular formula is C18H15F2NO4. The number of hydrogen-bond acceptors (Lipinski definition) is 5. The van der Waals surface area contributed by atoms with Crippen LogP contribution in [0.1, 0.15) is 27.6 Å². The number of ether oxygens (including phenoxy) is 2. The third-order valence-corrected chi connectivity index (χ3v) is 2.90. The van der Waals surface area contributed by atoms with E-state index in [4.69, 9.17) is 10.00 Å². The molecule has 0 amide bonds. The molecule has 7 heteroatoms. The molecule has 0 aliphatic carbocycles. The summed E-state index contributed by atoms with van der Waals surface area (Å²) in [5.74, 6) is -0.931. The van der Waals surface area contributed by atoms with Crippen molar-refractivity contribution in [2.75, 3.05) is 7.11 Å². The Morgan fingerprint density at radius 1 is 0.920 bits per heavy atom. The standard InChI is InChI=1S/C16H12F2O4.C2H3N/c1-21-12-6-2-10(3-7-12)14(19)15(20)11-4-8-13(9-5-11)22-16(17)18;1-2-3/h2-9,16H,1H3;1H3. The summed E-state index contributed by atoms with van der Waals surface area (Å²) >= 11 is 0. The van der Waals surface area contributed by atoms with Crippen molar-refractivity contribution >= 4 is 11.6 Å². The molecule has 2 aromatic rings. The topological polar surface area (TPSA) is 76.4 Å². The largest absolute Gasteiger partial charge is 0.497 e. The van der Waals surface area contributed by atoms with Gasteiger partial charge in [-0.25, -0.2) is 0 Å². The number of carbonyl (C=O) groups excluding carboxylic acids is 2. The van der Waals surface area contributed by atoms with Gasteiger partial charge in [-0.15, -0.1) is 0 Å². The van der Waals surface area contributed by atoms with E-state index in [9.17, 15) is 18.4 Å². The molecule has 0 atom stereocenters. The SMILES string of the molecule is CC#N.COc1ccc(C(=O)C(=O)c2ccc(OC(F)F)cc2)cc1. The van der Waals surface area contributed by atoms with Crippen molar-refractivity contribution in [3.05, 3.63) is 59.7 Å². The monoisotopic (exact) mass is 347 g/mol. The van der Waals surface area contributed by atoms with Gasteiger partial charge in [0.25, 0.3) is 0 Å². The first-order valence-corrected chi connectivity index (χ1v) is 7.01. The first kappa shape index (κ1) is 19.8. The maximum absolute atomic E-state index is 12.1. The first-order valence-electron chi connectivity index (χ1n) is 7.01. The fourth-order valence-corrected chi connectivity index (χ4v) is 1.79. The lowest BCUT2D eigenvalue weighted by Gasteiger charge is -2.05. The highest BCUT2D eigenvalue weighted by atomic mass is 19.3. The van der Waals surface area contributed by atoms with Crippen LogP contribution in [0.4, 0.5) is 8.78 Å². The number of hydrogen-bond donors (Lipinski definition) is 0. The van der Waals surface area contributed by atoms with Crippen LogP contribution in [0.25, 0.3) is 0 Å². The van der Waals surface area contributed by atoms with Gasteiger partial charge in [0.05, 0.1) is 13.2 Å². The summed E-state index contributed by atoms with van der Waals surface area (Å²) in [6, 6.07) is 12.8. The zero-order valence-corrected chi connectivity index (χ0v) is 13.5. The Morgan fingerprint density at radius 2 is 1.28 bits per heavy atom. The van der Waals surface area contributed by atoms with E-state index in [1.54, 1.807) is 18.2 Å². The highest BCUT2D eigenvalue weighted by molar-refractivity contribution is 6.49. The number of halogens is 2. The zero-order chi connectivity index (χ0) is 18.8. The maximum Gasteiger partial charge on any atom is 0.387 e. The van der Waals surface area contributed by atoms with Gasteiger partial charge >= 0.3 is 6.61 Å². The molecular weight excluding hydrogens is 332 g/mol. The van der Waals surface area contributed by atoms with Crippen LogP contribution in [0.3, 0.4) is 0 Å². The average Bonchev–Trinajstić information content (AvgIpc) is 2.61. The Kier molecular flexibility index (Phi) is 7.73. The van der Waals surface area contributed by atoms with Crippen LogP contribution in [0.15, 0.2) is 48.5 Å². The molecule has 0 saturated heterocycles. The number of alkyl halides is 2. The minimum absolute atomic E-state index is 0.0801. The van der Waals surface area contributed by atoms with Gasteiger partial charge in [-0.05, 0) is 48.5 Å². The van der Waals surface area contributed by atoms with Gasteiger partial charge in [0.2, 0.25) is 11.6 Å².